The van der Waals surface area contributed by atoms with E-state index in [2.05, 4.69) is 16.0 Å². The summed E-state index contributed by atoms with van der Waals surface area (Å²) in [4.78, 5) is 6.53. The fourth-order valence-corrected chi connectivity index (χ4v) is 3.52. The molecule has 0 saturated carbocycles. The van der Waals surface area contributed by atoms with Crippen LogP contribution in [0, 0.1) is 11.3 Å². The minimum absolute atomic E-state index is 0. The molecule has 0 saturated heterocycles. The van der Waals surface area contributed by atoms with Crippen LogP contribution in [0.4, 0.5) is 0 Å². The van der Waals surface area contributed by atoms with Crippen LogP contribution in [0.15, 0.2) is 60.8 Å². The molecule has 0 fully saturated rings. The van der Waals surface area contributed by atoms with Crippen molar-refractivity contribution >= 4 is 34.9 Å². The van der Waals surface area contributed by atoms with E-state index in [0.29, 0.717) is 11.4 Å². The van der Waals surface area contributed by atoms with Gasteiger partial charge in [0.1, 0.15) is 5.41 Å². The van der Waals surface area contributed by atoms with Crippen LogP contribution in [0.5, 0.6) is 0 Å². The summed E-state index contributed by atoms with van der Waals surface area (Å²) in [7, 11) is 4.04. The lowest BCUT2D eigenvalue weighted by atomic mass is 9.72. The Kier molecular flexibility index (Phi) is 6.61. The first-order valence-electron chi connectivity index (χ1n) is 8.24. The smallest absolute Gasteiger partial charge is 0.109 e. The number of nitriles is 1. The summed E-state index contributed by atoms with van der Waals surface area (Å²) in [5, 5.41) is 11.8. The number of pyridine rings is 1. The Hall–Kier alpha value is -2.12. The van der Waals surface area contributed by atoms with Gasteiger partial charge in [-0.2, -0.15) is 5.26 Å². The number of rotatable bonds is 5. The monoisotopic (exact) mass is 385 g/mol. The maximum absolute atomic E-state index is 10.3. The van der Waals surface area contributed by atoms with E-state index in [1.165, 1.54) is 0 Å². The van der Waals surface area contributed by atoms with Crippen LogP contribution >= 0.6 is 24.0 Å². The molecule has 0 aliphatic heterocycles. The number of halogens is 2. The molecule has 0 aliphatic carbocycles. The highest BCUT2D eigenvalue weighted by Crippen LogP contribution is 2.40. The van der Waals surface area contributed by atoms with E-state index in [1.54, 1.807) is 6.20 Å². The van der Waals surface area contributed by atoms with Gasteiger partial charge in [-0.25, -0.2) is 0 Å². The molecule has 5 heteroatoms. The van der Waals surface area contributed by atoms with Gasteiger partial charge in [-0.15, -0.1) is 12.4 Å². The van der Waals surface area contributed by atoms with E-state index < -0.39 is 5.41 Å². The summed E-state index contributed by atoms with van der Waals surface area (Å²) in [6.07, 6.45) is 2.43. The fourth-order valence-electron chi connectivity index (χ4n) is 3.25. The topological polar surface area (TPSA) is 39.9 Å². The quantitative estimate of drug-likeness (QED) is 0.615. The zero-order valence-electron chi connectivity index (χ0n) is 14.8. The molecule has 1 atom stereocenters. The van der Waals surface area contributed by atoms with Gasteiger partial charge in [-0.3, -0.25) is 4.98 Å². The van der Waals surface area contributed by atoms with E-state index in [4.69, 9.17) is 11.6 Å². The van der Waals surface area contributed by atoms with Crippen molar-refractivity contribution in [1.82, 2.24) is 9.88 Å². The normalized spacial score (nSPS) is 13.0. The van der Waals surface area contributed by atoms with E-state index in [0.717, 1.165) is 28.6 Å². The number of fused-ring (bicyclic) bond motifs is 1. The Bertz CT molecular complexity index is 914. The van der Waals surface area contributed by atoms with Crippen LogP contribution in [0.3, 0.4) is 0 Å². The molecule has 0 bridgehead atoms. The maximum Gasteiger partial charge on any atom is 0.109 e. The molecule has 134 valence electrons. The summed E-state index contributed by atoms with van der Waals surface area (Å²) >= 11 is 6.52. The van der Waals surface area contributed by atoms with Crippen molar-refractivity contribution in [2.75, 3.05) is 20.6 Å². The van der Waals surface area contributed by atoms with Crippen molar-refractivity contribution in [3.8, 4) is 6.07 Å². The molecule has 1 heterocycles. The first-order valence-corrected chi connectivity index (χ1v) is 8.61. The van der Waals surface area contributed by atoms with E-state index >= 15 is 0 Å². The second-order valence-corrected chi connectivity index (χ2v) is 6.84. The number of hydrogen-bond acceptors (Lipinski definition) is 3. The van der Waals surface area contributed by atoms with Crippen LogP contribution in [-0.2, 0) is 5.41 Å². The minimum Gasteiger partial charge on any atom is -0.309 e. The summed E-state index contributed by atoms with van der Waals surface area (Å²) in [5.41, 5.74) is 1.92. The van der Waals surface area contributed by atoms with E-state index in [1.807, 2.05) is 68.7 Å². The number of nitrogens with zero attached hydrogens (tertiary/aromatic N) is 3. The average molecular weight is 386 g/mol. The first kappa shape index (κ1) is 20.2. The number of hydrogen-bond donors (Lipinski definition) is 0. The highest BCUT2D eigenvalue weighted by atomic mass is 35.5. The van der Waals surface area contributed by atoms with Crippen LogP contribution in [0.2, 0.25) is 5.02 Å². The van der Waals surface area contributed by atoms with Gasteiger partial charge in [-0.1, -0.05) is 48.0 Å². The summed E-state index contributed by atoms with van der Waals surface area (Å²) in [5.74, 6) is 0. The Morgan fingerprint density at radius 3 is 2.46 bits per heavy atom. The van der Waals surface area contributed by atoms with Gasteiger partial charge in [0.2, 0.25) is 0 Å². The molecule has 1 aromatic heterocycles. The van der Waals surface area contributed by atoms with Gasteiger partial charge in [0.25, 0.3) is 0 Å². The van der Waals surface area contributed by atoms with Gasteiger partial charge < -0.3 is 4.90 Å². The van der Waals surface area contributed by atoms with Gasteiger partial charge in [0.15, 0.2) is 0 Å². The lowest BCUT2D eigenvalue weighted by Gasteiger charge is -2.30. The molecule has 0 spiro atoms. The van der Waals surface area contributed by atoms with Crippen LogP contribution < -0.4 is 0 Å². The molecule has 0 radical (unpaired) electrons. The highest BCUT2D eigenvalue weighted by molar-refractivity contribution is 6.35. The van der Waals surface area contributed by atoms with E-state index in [-0.39, 0.29) is 12.4 Å². The molecule has 3 nitrogen and oxygen atoms in total. The number of aromatic nitrogens is 1. The third-order valence-corrected chi connectivity index (χ3v) is 4.88. The lowest BCUT2D eigenvalue weighted by molar-refractivity contribution is 0.372. The first-order chi connectivity index (χ1) is 12.1. The largest absolute Gasteiger partial charge is 0.309 e. The third kappa shape index (κ3) is 3.68. The van der Waals surface area contributed by atoms with E-state index in [9.17, 15) is 5.26 Å². The third-order valence-electron chi connectivity index (χ3n) is 4.57. The minimum atomic E-state index is -0.780. The molecule has 2 aromatic carbocycles. The SMILES string of the molecule is CN(C)CCC(C#N)(c1ccccc1)c1ccnc2cccc(Cl)c12.Cl. The van der Waals surface area contributed by atoms with Crippen molar-refractivity contribution in [3.63, 3.8) is 0 Å². The molecule has 0 amide bonds. The predicted molar refractivity (Wildman–Crippen MR) is 110 cm³/mol. The Morgan fingerprint density at radius 1 is 1.08 bits per heavy atom. The van der Waals surface area contributed by atoms with Crippen molar-refractivity contribution < 1.29 is 0 Å². The second-order valence-electron chi connectivity index (χ2n) is 6.43. The predicted octanol–water partition coefficient (Wildman–Crippen LogP) is 5.07. The molecule has 1 unspecified atom stereocenters. The highest BCUT2D eigenvalue weighted by Gasteiger charge is 2.36. The van der Waals surface area contributed by atoms with Gasteiger partial charge >= 0.3 is 0 Å². The van der Waals surface area contributed by atoms with Crippen molar-refractivity contribution in [2.24, 2.45) is 0 Å². The zero-order valence-corrected chi connectivity index (χ0v) is 16.4. The number of benzene rings is 2. The lowest BCUT2D eigenvalue weighted by Crippen LogP contribution is -2.31. The Labute approximate surface area is 165 Å². The molecule has 0 N–H and O–H groups in total. The Morgan fingerprint density at radius 2 is 1.81 bits per heavy atom. The second kappa shape index (κ2) is 8.51. The molecule has 26 heavy (non-hydrogen) atoms. The fraction of sp³-hybridized carbons (Fsp3) is 0.238. The van der Waals surface area contributed by atoms with Crippen molar-refractivity contribution in [1.29, 1.82) is 5.26 Å². The summed E-state index contributed by atoms with van der Waals surface area (Å²) < 4.78 is 0. The van der Waals surface area contributed by atoms with Crippen molar-refractivity contribution in [2.45, 2.75) is 11.8 Å². The molecular weight excluding hydrogens is 365 g/mol. The summed E-state index contributed by atoms with van der Waals surface area (Å²) in [6, 6.07) is 20.2. The molecule has 3 aromatic rings. The Balaban J connectivity index is 0.00000243. The van der Waals surface area contributed by atoms with Gasteiger partial charge in [0.05, 0.1) is 16.6 Å². The standard InChI is InChI=1S/C21H20ClN3.ClH/c1-25(2)14-12-21(15-23,16-7-4-3-5-8-16)17-11-13-24-19-10-6-9-18(22)20(17)19;/h3-11,13H,12,14H2,1-2H3;1H. The van der Waals surface area contributed by atoms with Gasteiger partial charge in [0, 0.05) is 11.6 Å². The maximum atomic E-state index is 10.3. The van der Waals surface area contributed by atoms with Crippen LogP contribution in [0.25, 0.3) is 10.9 Å². The average Bonchev–Trinajstić information content (AvgIpc) is 2.63. The molecule has 3 rings (SSSR count). The summed E-state index contributed by atoms with van der Waals surface area (Å²) in [6.45, 7) is 0.788. The molecule has 0 aliphatic rings. The van der Waals surface area contributed by atoms with Gasteiger partial charge in [-0.05, 0) is 56.4 Å². The molecular formula is C21H21Cl2N3. The van der Waals surface area contributed by atoms with Crippen LogP contribution in [0.1, 0.15) is 17.5 Å². The zero-order chi connectivity index (χ0) is 17.9. The van der Waals surface area contributed by atoms with Crippen molar-refractivity contribution in [3.05, 3.63) is 76.9 Å². The van der Waals surface area contributed by atoms with Crippen LogP contribution in [-0.4, -0.2) is 30.5 Å².